The van der Waals surface area contributed by atoms with Crippen LogP contribution in [0.1, 0.15) is 26.3 Å². The third-order valence-electron chi connectivity index (χ3n) is 2.52. The Kier molecular flexibility index (Phi) is 5.22. The van der Waals surface area contributed by atoms with Gasteiger partial charge < -0.3 is 10.1 Å². The van der Waals surface area contributed by atoms with Crippen LogP contribution >= 0.6 is 22.6 Å². The minimum Gasteiger partial charge on any atom is -0.444 e. The fraction of sp³-hybridized carbons (Fsp3) is 0.357. The van der Waals surface area contributed by atoms with Gasteiger partial charge in [-0.2, -0.15) is 0 Å². The van der Waals surface area contributed by atoms with E-state index < -0.39 is 11.7 Å². The van der Waals surface area contributed by atoms with Gasteiger partial charge in [0.05, 0.1) is 0 Å². The molecule has 1 amide bonds. The van der Waals surface area contributed by atoms with Gasteiger partial charge in [0.25, 0.3) is 0 Å². The van der Waals surface area contributed by atoms with Crippen molar-refractivity contribution in [2.75, 3.05) is 0 Å². The molecule has 0 aliphatic heterocycles. The molecule has 2 aromatic rings. The van der Waals surface area contributed by atoms with Gasteiger partial charge >= 0.3 is 6.09 Å². The van der Waals surface area contributed by atoms with Crippen molar-refractivity contribution in [3.63, 3.8) is 0 Å². The molecule has 0 aliphatic carbocycles. The van der Waals surface area contributed by atoms with E-state index in [1.807, 2.05) is 39.0 Å². The standard InChI is InChI=1S/C14H16IN5O2/c1-14(2,3)22-13(21)16-7-9-4-5-11(15)10(6-9)12-19-17-8-18-20-12/h4-6,8H,7H2,1-3H3,(H,16,21). The second kappa shape index (κ2) is 6.95. The molecule has 7 nitrogen and oxygen atoms in total. The number of halogens is 1. The maximum absolute atomic E-state index is 11.7. The van der Waals surface area contributed by atoms with Crippen LogP contribution in [-0.2, 0) is 11.3 Å². The number of nitrogens with zero attached hydrogens (tertiary/aromatic N) is 4. The summed E-state index contributed by atoms with van der Waals surface area (Å²) in [4.78, 5) is 11.7. The van der Waals surface area contributed by atoms with Crippen LogP contribution in [0.15, 0.2) is 24.5 Å². The molecule has 0 unspecified atom stereocenters. The van der Waals surface area contributed by atoms with E-state index in [0.717, 1.165) is 14.7 Å². The fourth-order valence-corrected chi connectivity index (χ4v) is 2.23. The lowest BCUT2D eigenvalue weighted by Gasteiger charge is -2.19. The van der Waals surface area contributed by atoms with Gasteiger partial charge in [0, 0.05) is 15.7 Å². The van der Waals surface area contributed by atoms with Crippen LogP contribution < -0.4 is 5.32 Å². The summed E-state index contributed by atoms with van der Waals surface area (Å²) in [7, 11) is 0. The van der Waals surface area contributed by atoms with E-state index in [2.05, 4.69) is 48.3 Å². The Labute approximate surface area is 142 Å². The van der Waals surface area contributed by atoms with Crippen LogP contribution in [0.4, 0.5) is 4.79 Å². The molecule has 116 valence electrons. The van der Waals surface area contributed by atoms with Crippen LogP contribution in [0.2, 0.25) is 0 Å². The second-order valence-corrected chi connectivity index (χ2v) is 6.70. The molecule has 2 rings (SSSR count). The normalized spacial score (nSPS) is 11.1. The number of carbonyl (C=O) groups excluding carboxylic acids is 1. The third-order valence-corrected chi connectivity index (χ3v) is 3.46. The quantitative estimate of drug-likeness (QED) is 0.779. The molecule has 8 heteroatoms. The fourth-order valence-electron chi connectivity index (χ4n) is 1.65. The van der Waals surface area contributed by atoms with Crippen molar-refractivity contribution in [2.45, 2.75) is 32.9 Å². The molecule has 1 heterocycles. The van der Waals surface area contributed by atoms with Crippen molar-refractivity contribution in [3.8, 4) is 11.4 Å². The van der Waals surface area contributed by atoms with Crippen molar-refractivity contribution in [3.05, 3.63) is 33.7 Å². The van der Waals surface area contributed by atoms with Crippen molar-refractivity contribution in [1.29, 1.82) is 0 Å². The molecular weight excluding hydrogens is 397 g/mol. The van der Waals surface area contributed by atoms with Crippen LogP contribution in [0.25, 0.3) is 11.4 Å². The topological polar surface area (TPSA) is 89.9 Å². The number of amides is 1. The predicted molar refractivity (Wildman–Crippen MR) is 88.8 cm³/mol. The lowest BCUT2D eigenvalue weighted by molar-refractivity contribution is 0.0523. The van der Waals surface area contributed by atoms with Crippen molar-refractivity contribution < 1.29 is 9.53 Å². The largest absolute Gasteiger partial charge is 0.444 e. The molecule has 0 bridgehead atoms. The third kappa shape index (κ3) is 4.86. The first-order valence-electron chi connectivity index (χ1n) is 6.61. The SMILES string of the molecule is CC(C)(C)OC(=O)NCc1ccc(I)c(-c2nncnn2)c1. The summed E-state index contributed by atoms with van der Waals surface area (Å²) < 4.78 is 6.18. The molecule has 0 spiro atoms. The highest BCUT2D eigenvalue weighted by atomic mass is 127. The van der Waals surface area contributed by atoms with E-state index in [-0.39, 0.29) is 0 Å². The van der Waals surface area contributed by atoms with Crippen LogP contribution in [0.3, 0.4) is 0 Å². The Balaban J connectivity index is 2.09. The molecule has 0 aliphatic rings. The molecule has 1 N–H and O–H groups in total. The van der Waals surface area contributed by atoms with Gasteiger partial charge in [-0.15, -0.1) is 20.4 Å². The highest BCUT2D eigenvalue weighted by molar-refractivity contribution is 14.1. The lowest BCUT2D eigenvalue weighted by Crippen LogP contribution is -2.32. The average Bonchev–Trinajstić information content (AvgIpc) is 2.45. The molecule has 0 saturated carbocycles. The Morgan fingerprint density at radius 3 is 2.59 bits per heavy atom. The Morgan fingerprint density at radius 2 is 1.95 bits per heavy atom. The first-order valence-corrected chi connectivity index (χ1v) is 7.69. The molecule has 22 heavy (non-hydrogen) atoms. The molecule has 0 fully saturated rings. The first kappa shape index (κ1) is 16.5. The summed E-state index contributed by atoms with van der Waals surface area (Å²) in [5.41, 5.74) is 1.22. The van der Waals surface area contributed by atoms with Crippen molar-refractivity contribution in [2.24, 2.45) is 0 Å². The number of ether oxygens (including phenoxy) is 1. The number of aromatic nitrogens is 4. The summed E-state index contributed by atoms with van der Waals surface area (Å²) in [5, 5.41) is 18.1. The summed E-state index contributed by atoms with van der Waals surface area (Å²) in [6.45, 7) is 5.82. The van der Waals surface area contributed by atoms with Crippen LogP contribution in [-0.4, -0.2) is 32.1 Å². The maximum Gasteiger partial charge on any atom is 0.407 e. The summed E-state index contributed by atoms with van der Waals surface area (Å²) in [5.74, 6) is 0.450. The summed E-state index contributed by atoms with van der Waals surface area (Å²) in [6.07, 6.45) is 0.830. The zero-order chi connectivity index (χ0) is 16.2. The lowest BCUT2D eigenvalue weighted by atomic mass is 10.1. The Hall–Kier alpha value is -1.84. The van der Waals surface area contributed by atoms with Gasteiger partial charge in [-0.25, -0.2) is 4.79 Å². The van der Waals surface area contributed by atoms with Crippen molar-refractivity contribution >= 4 is 28.7 Å². The predicted octanol–water partition coefficient (Wildman–Crippen LogP) is 2.56. The van der Waals surface area contributed by atoms with Gasteiger partial charge in [-0.3, -0.25) is 0 Å². The van der Waals surface area contributed by atoms with E-state index in [9.17, 15) is 4.79 Å². The van der Waals surface area contributed by atoms with Gasteiger partial charge in [0.1, 0.15) is 5.60 Å². The molecule has 1 aromatic heterocycles. The highest BCUT2D eigenvalue weighted by Gasteiger charge is 2.16. The second-order valence-electron chi connectivity index (χ2n) is 5.54. The van der Waals surface area contributed by atoms with E-state index >= 15 is 0 Å². The van der Waals surface area contributed by atoms with Gasteiger partial charge in [-0.1, -0.05) is 6.07 Å². The van der Waals surface area contributed by atoms with E-state index in [0.29, 0.717) is 12.4 Å². The summed E-state index contributed by atoms with van der Waals surface area (Å²) >= 11 is 2.19. The van der Waals surface area contributed by atoms with Gasteiger partial charge in [0.15, 0.2) is 6.33 Å². The maximum atomic E-state index is 11.7. The smallest absolute Gasteiger partial charge is 0.407 e. The zero-order valence-corrected chi connectivity index (χ0v) is 14.7. The number of alkyl carbamates (subject to hydrolysis) is 1. The number of nitrogens with one attached hydrogen (secondary N) is 1. The first-order chi connectivity index (χ1) is 10.3. The molecule has 0 saturated heterocycles. The number of hydrogen-bond donors (Lipinski definition) is 1. The van der Waals surface area contributed by atoms with E-state index in [4.69, 9.17) is 4.74 Å². The minimum absolute atomic E-state index is 0.354. The summed E-state index contributed by atoms with van der Waals surface area (Å²) in [6, 6.07) is 5.75. The molecule has 0 radical (unpaired) electrons. The highest BCUT2D eigenvalue weighted by Crippen LogP contribution is 2.22. The number of carbonyl (C=O) groups is 1. The van der Waals surface area contributed by atoms with E-state index in [1.165, 1.54) is 6.33 Å². The monoisotopic (exact) mass is 413 g/mol. The van der Waals surface area contributed by atoms with Gasteiger partial charge in [0.2, 0.25) is 5.82 Å². The van der Waals surface area contributed by atoms with Crippen LogP contribution in [0, 0.1) is 3.57 Å². The van der Waals surface area contributed by atoms with Crippen molar-refractivity contribution in [1.82, 2.24) is 25.7 Å². The molecular formula is C14H16IN5O2. The zero-order valence-electron chi connectivity index (χ0n) is 12.5. The van der Waals surface area contributed by atoms with Crippen LogP contribution in [0.5, 0.6) is 0 Å². The average molecular weight is 413 g/mol. The van der Waals surface area contributed by atoms with Gasteiger partial charge in [-0.05, 0) is 61.1 Å². The Morgan fingerprint density at radius 1 is 1.27 bits per heavy atom. The number of rotatable bonds is 3. The Bertz CT molecular complexity index is 658. The molecule has 0 atom stereocenters. The molecule has 1 aromatic carbocycles. The minimum atomic E-state index is -0.517. The number of benzene rings is 1. The van der Waals surface area contributed by atoms with E-state index in [1.54, 1.807) is 0 Å². The number of hydrogen-bond acceptors (Lipinski definition) is 6.